The first-order valence-corrected chi connectivity index (χ1v) is 6.53. The second kappa shape index (κ2) is 5.97. The average molecular weight is 262 g/mol. The summed E-state index contributed by atoms with van der Waals surface area (Å²) in [6.45, 7) is 5.58. The highest BCUT2D eigenvalue weighted by atomic mass is 19.1. The molecule has 0 aromatic heterocycles. The van der Waals surface area contributed by atoms with Gasteiger partial charge in [0.2, 0.25) is 5.91 Å². The molecule has 0 aliphatic carbocycles. The summed E-state index contributed by atoms with van der Waals surface area (Å²) < 4.78 is 12.8. The van der Waals surface area contributed by atoms with Crippen molar-refractivity contribution in [1.29, 1.82) is 0 Å². The van der Waals surface area contributed by atoms with Gasteiger partial charge in [-0.05, 0) is 37.6 Å². The van der Waals surface area contributed by atoms with Gasteiger partial charge in [-0.3, -0.25) is 4.79 Å². The molecule has 0 saturated carbocycles. The quantitative estimate of drug-likeness (QED) is 0.827. The van der Waals surface area contributed by atoms with Crippen molar-refractivity contribution in [3.8, 4) is 0 Å². The lowest BCUT2D eigenvalue weighted by atomic mass is 10.1. The number of amides is 1. The number of hydrogen-bond donors (Lipinski definition) is 1. The summed E-state index contributed by atoms with van der Waals surface area (Å²) in [7, 11) is 0. The van der Waals surface area contributed by atoms with Crippen molar-refractivity contribution >= 4 is 12.0 Å². The Labute approximate surface area is 113 Å². The SMILES string of the molecule is CC1CN(C(=O)C=Cc2ccc(F)cc2)CC(C)N1. The molecule has 4 heteroatoms. The number of carbonyl (C=O) groups is 1. The zero-order chi connectivity index (χ0) is 13.8. The van der Waals surface area contributed by atoms with Crippen LogP contribution in [-0.4, -0.2) is 36.0 Å². The Morgan fingerprint density at radius 2 is 1.84 bits per heavy atom. The van der Waals surface area contributed by atoms with Crippen LogP contribution in [0.3, 0.4) is 0 Å². The van der Waals surface area contributed by atoms with E-state index < -0.39 is 0 Å². The molecular formula is C15H19FN2O. The largest absolute Gasteiger partial charge is 0.336 e. The van der Waals surface area contributed by atoms with Gasteiger partial charge in [-0.15, -0.1) is 0 Å². The first-order valence-electron chi connectivity index (χ1n) is 6.53. The van der Waals surface area contributed by atoms with E-state index in [9.17, 15) is 9.18 Å². The fourth-order valence-electron chi connectivity index (χ4n) is 2.35. The standard InChI is InChI=1S/C15H19FN2O/c1-11-9-18(10-12(2)17-11)15(19)8-5-13-3-6-14(16)7-4-13/h3-8,11-12,17H,9-10H2,1-2H3. The van der Waals surface area contributed by atoms with Crippen LogP contribution in [-0.2, 0) is 4.79 Å². The van der Waals surface area contributed by atoms with Gasteiger partial charge in [-0.25, -0.2) is 4.39 Å². The molecule has 1 aliphatic heterocycles. The van der Waals surface area contributed by atoms with E-state index in [1.54, 1.807) is 24.3 Å². The van der Waals surface area contributed by atoms with Gasteiger partial charge in [-0.1, -0.05) is 12.1 Å². The van der Waals surface area contributed by atoms with Crippen molar-refractivity contribution in [2.24, 2.45) is 0 Å². The lowest BCUT2D eigenvalue weighted by Gasteiger charge is -2.35. The number of halogens is 1. The molecule has 2 unspecified atom stereocenters. The van der Waals surface area contributed by atoms with E-state index >= 15 is 0 Å². The van der Waals surface area contributed by atoms with Crippen molar-refractivity contribution in [2.75, 3.05) is 13.1 Å². The normalized spacial score (nSPS) is 23.8. The Balaban J connectivity index is 1.98. The van der Waals surface area contributed by atoms with Crippen LogP contribution in [0.5, 0.6) is 0 Å². The number of nitrogens with zero attached hydrogens (tertiary/aromatic N) is 1. The van der Waals surface area contributed by atoms with Gasteiger partial charge in [0.05, 0.1) is 0 Å². The van der Waals surface area contributed by atoms with Gasteiger partial charge >= 0.3 is 0 Å². The van der Waals surface area contributed by atoms with Crippen LogP contribution < -0.4 is 5.32 Å². The topological polar surface area (TPSA) is 32.3 Å². The average Bonchev–Trinajstić information content (AvgIpc) is 2.36. The third-order valence-corrected chi connectivity index (χ3v) is 3.16. The highest BCUT2D eigenvalue weighted by Gasteiger charge is 2.23. The molecule has 3 nitrogen and oxygen atoms in total. The third-order valence-electron chi connectivity index (χ3n) is 3.16. The maximum Gasteiger partial charge on any atom is 0.246 e. The fraction of sp³-hybridized carbons (Fsp3) is 0.400. The monoisotopic (exact) mass is 262 g/mol. The summed E-state index contributed by atoms with van der Waals surface area (Å²) in [4.78, 5) is 13.9. The van der Waals surface area contributed by atoms with E-state index in [0.717, 1.165) is 18.7 Å². The lowest BCUT2D eigenvalue weighted by molar-refractivity contribution is -0.127. The van der Waals surface area contributed by atoms with Gasteiger partial charge in [-0.2, -0.15) is 0 Å². The maximum absolute atomic E-state index is 12.8. The Kier molecular flexibility index (Phi) is 4.32. The third kappa shape index (κ3) is 3.89. The zero-order valence-electron chi connectivity index (χ0n) is 11.3. The molecule has 1 fully saturated rings. The molecule has 102 valence electrons. The van der Waals surface area contributed by atoms with Crippen LogP contribution in [0, 0.1) is 5.82 Å². The van der Waals surface area contributed by atoms with Crippen LogP contribution in [0.25, 0.3) is 6.08 Å². The van der Waals surface area contributed by atoms with E-state index in [4.69, 9.17) is 0 Å². The molecule has 1 N–H and O–H groups in total. The predicted molar refractivity (Wildman–Crippen MR) is 74.1 cm³/mol. The van der Waals surface area contributed by atoms with Crippen LogP contribution in [0.4, 0.5) is 4.39 Å². The summed E-state index contributed by atoms with van der Waals surface area (Å²) in [6.07, 6.45) is 3.27. The Bertz CT molecular complexity index is 460. The molecule has 19 heavy (non-hydrogen) atoms. The number of nitrogens with one attached hydrogen (secondary N) is 1. The summed E-state index contributed by atoms with van der Waals surface area (Å²) in [6, 6.07) is 6.71. The van der Waals surface area contributed by atoms with Crippen LogP contribution in [0.1, 0.15) is 19.4 Å². The van der Waals surface area contributed by atoms with Gasteiger partial charge in [0.25, 0.3) is 0 Å². The number of benzene rings is 1. The van der Waals surface area contributed by atoms with Gasteiger partial charge < -0.3 is 10.2 Å². The van der Waals surface area contributed by atoms with E-state index in [1.807, 2.05) is 4.90 Å². The number of carbonyl (C=O) groups excluding carboxylic acids is 1. The number of rotatable bonds is 2. The second-order valence-electron chi connectivity index (χ2n) is 5.10. The zero-order valence-corrected chi connectivity index (χ0v) is 11.3. The van der Waals surface area contributed by atoms with Crippen LogP contribution >= 0.6 is 0 Å². The summed E-state index contributed by atoms with van der Waals surface area (Å²) in [5.41, 5.74) is 0.825. The summed E-state index contributed by atoms with van der Waals surface area (Å²) in [5, 5.41) is 3.38. The Morgan fingerprint density at radius 3 is 2.42 bits per heavy atom. The molecule has 1 aromatic carbocycles. The molecule has 0 spiro atoms. The molecule has 0 bridgehead atoms. The molecule has 2 rings (SSSR count). The van der Waals surface area contributed by atoms with Crippen molar-refractivity contribution in [3.63, 3.8) is 0 Å². The van der Waals surface area contributed by atoms with Gasteiger partial charge in [0.1, 0.15) is 5.82 Å². The summed E-state index contributed by atoms with van der Waals surface area (Å²) in [5.74, 6) is -0.266. The fourth-order valence-corrected chi connectivity index (χ4v) is 2.35. The minimum absolute atomic E-state index is 0.00419. The molecular weight excluding hydrogens is 243 g/mol. The lowest BCUT2D eigenvalue weighted by Crippen LogP contribution is -2.55. The van der Waals surface area contributed by atoms with Crippen molar-refractivity contribution < 1.29 is 9.18 Å². The predicted octanol–water partition coefficient (Wildman–Crippen LogP) is 2.05. The van der Waals surface area contributed by atoms with Crippen molar-refractivity contribution in [1.82, 2.24) is 10.2 Å². The Morgan fingerprint density at radius 1 is 1.26 bits per heavy atom. The minimum atomic E-state index is -0.270. The highest BCUT2D eigenvalue weighted by Crippen LogP contribution is 2.08. The van der Waals surface area contributed by atoms with E-state index in [0.29, 0.717) is 12.1 Å². The number of piperazine rings is 1. The van der Waals surface area contributed by atoms with Gasteiger partial charge in [0, 0.05) is 31.2 Å². The van der Waals surface area contributed by atoms with Crippen molar-refractivity contribution in [2.45, 2.75) is 25.9 Å². The first-order chi connectivity index (χ1) is 9.04. The molecule has 1 aliphatic rings. The summed E-state index contributed by atoms with van der Waals surface area (Å²) >= 11 is 0. The van der Waals surface area contributed by atoms with Crippen LogP contribution in [0.15, 0.2) is 30.3 Å². The minimum Gasteiger partial charge on any atom is -0.336 e. The van der Waals surface area contributed by atoms with Crippen LogP contribution in [0.2, 0.25) is 0 Å². The maximum atomic E-state index is 12.8. The Hall–Kier alpha value is -1.68. The van der Waals surface area contributed by atoms with Crippen molar-refractivity contribution in [3.05, 3.63) is 41.7 Å². The highest BCUT2D eigenvalue weighted by molar-refractivity contribution is 5.91. The molecule has 1 heterocycles. The molecule has 1 saturated heterocycles. The molecule has 1 aromatic rings. The first kappa shape index (κ1) is 13.7. The van der Waals surface area contributed by atoms with Gasteiger partial charge in [0.15, 0.2) is 0 Å². The van der Waals surface area contributed by atoms with E-state index in [-0.39, 0.29) is 11.7 Å². The van der Waals surface area contributed by atoms with E-state index in [2.05, 4.69) is 19.2 Å². The molecule has 1 amide bonds. The second-order valence-corrected chi connectivity index (χ2v) is 5.10. The molecule has 0 radical (unpaired) electrons. The smallest absolute Gasteiger partial charge is 0.246 e. The number of hydrogen-bond acceptors (Lipinski definition) is 2. The van der Waals surface area contributed by atoms with E-state index in [1.165, 1.54) is 12.1 Å². The molecule has 2 atom stereocenters.